The molecule has 1 saturated carbocycles. The van der Waals surface area contributed by atoms with Gasteiger partial charge in [0.15, 0.2) is 5.78 Å². The molecule has 2 aliphatic carbocycles. The number of nitrogens with one attached hydrogen (secondary N) is 1. The molecule has 0 bridgehead atoms. The van der Waals surface area contributed by atoms with E-state index >= 15 is 0 Å². The summed E-state index contributed by atoms with van der Waals surface area (Å²) in [5.41, 5.74) is 7.36. The van der Waals surface area contributed by atoms with Crippen molar-refractivity contribution in [2.24, 2.45) is 0 Å². The van der Waals surface area contributed by atoms with Crippen molar-refractivity contribution in [2.45, 2.75) is 65.0 Å². The molecule has 1 heterocycles. The Bertz CT molecular complexity index is 1470. The van der Waals surface area contributed by atoms with Crippen LogP contribution in [0.3, 0.4) is 0 Å². The van der Waals surface area contributed by atoms with Crippen LogP contribution >= 0.6 is 0 Å². The van der Waals surface area contributed by atoms with Crippen LogP contribution in [-0.2, 0) is 16.1 Å². The number of amides is 1. The van der Waals surface area contributed by atoms with Gasteiger partial charge in [0.2, 0.25) is 0 Å². The predicted molar refractivity (Wildman–Crippen MR) is 164 cm³/mol. The fourth-order valence-electron chi connectivity index (χ4n) is 6.00. The largest absolute Gasteiger partial charge is 0.377 e. The van der Waals surface area contributed by atoms with Crippen molar-refractivity contribution in [3.05, 3.63) is 76.5 Å². The molecule has 1 aromatic heterocycles. The van der Waals surface area contributed by atoms with E-state index in [4.69, 9.17) is 9.84 Å². The van der Waals surface area contributed by atoms with E-state index in [2.05, 4.69) is 59.3 Å². The van der Waals surface area contributed by atoms with E-state index in [9.17, 15) is 9.59 Å². The molecule has 7 heteroatoms. The number of allylic oxidation sites excluding steroid dienone is 3. The Labute approximate surface area is 243 Å². The maximum absolute atomic E-state index is 13.6. The van der Waals surface area contributed by atoms with Gasteiger partial charge in [0.25, 0.3) is 5.91 Å². The second kappa shape index (κ2) is 13.0. The van der Waals surface area contributed by atoms with E-state index < -0.39 is 0 Å². The van der Waals surface area contributed by atoms with Crippen molar-refractivity contribution in [1.29, 1.82) is 0 Å². The van der Waals surface area contributed by atoms with Crippen LogP contribution < -0.4 is 5.32 Å². The van der Waals surface area contributed by atoms with Crippen molar-refractivity contribution in [3.63, 3.8) is 0 Å². The zero-order valence-corrected chi connectivity index (χ0v) is 24.8. The zero-order valence-electron chi connectivity index (χ0n) is 24.8. The summed E-state index contributed by atoms with van der Waals surface area (Å²) in [5, 5.41) is 8.64. The van der Waals surface area contributed by atoms with Crippen molar-refractivity contribution in [2.75, 3.05) is 33.8 Å². The highest BCUT2D eigenvalue weighted by atomic mass is 16.5. The Morgan fingerprint density at radius 1 is 1.10 bits per heavy atom. The van der Waals surface area contributed by atoms with Crippen molar-refractivity contribution in [1.82, 2.24) is 20.0 Å². The van der Waals surface area contributed by atoms with Gasteiger partial charge in [-0.2, -0.15) is 5.10 Å². The molecule has 0 radical (unpaired) electrons. The fourth-order valence-corrected chi connectivity index (χ4v) is 6.00. The Morgan fingerprint density at radius 2 is 1.85 bits per heavy atom. The molecular formula is C34H42N4O3. The van der Waals surface area contributed by atoms with Gasteiger partial charge in [-0.05, 0) is 88.1 Å². The summed E-state index contributed by atoms with van der Waals surface area (Å²) in [7, 11) is 4.14. The molecule has 1 amide bonds. The van der Waals surface area contributed by atoms with E-state index in [0.29, 0.717) is 30.2 Å². The SMILES string of the molecule is CC1=CC(C)=C(CNC(=O)c2cc(-c3ccc(COCCCN(C)C)cc3)cc3c2cnn3C2CCCC2)C(=O)C1. The topological polar surface area (TPSA) is 76.5 Å². The number of aromatic nitrogens is 2. The van der Waals surface area contributed by atoms with Gasteiger partial charge < -0.3 is 15.0 Å². The molecule has 3 aromatic rings. The van der Waals surface area contributed by atoms with Crippen LogP contribution in [0, 0.1) is 0 Å². The monoisotopic (exact) mass is 554 g/mol. The molecule has 2 aromatic carbocycles. The molecule has 216 valence electrons. The number of ketones is 1. The van der Waals surface area contributed by atoms with Crippen LogP contribution in [0.2, 0.25) is 0 Å². The molecule has 0 aliphatic heterocycles. The molecule has 1 N–H and O–H groups in total. The minimum Gasteiger partial charge on any atom is -0.377 e. The quantitative estimate of drug-likeness (QED) is 0.284. The Hall–Kier alpha value is -3.55. The molecule has 0 atom stereocenters. The molecule has 7 nitrogen and oxygen atoms in total. The highest BCUT2D eigenvalue weighted by Gasteiger charge is 2.24. The van der Waals surface area contributed by atoms with Crippen molar-refractivity contribution >= 4 is 22.6 Å². The van der Waals surface area contributed by atoms with E-state index in [1.165, 1.54) is 12.8 Å². The standard InChI is InChI=1S/C34H42N4O3/c1-23-16-24(2)30(33(39)17-23)20-35-34(40)29-18-27(19-32-31(29)21-36-38(32)28-8-5-6-9-28)26-12-10-25(11-13-26)22-41-15-7-14-37(3)4/h10-13,16,18-19,21,28H,5-9,14-15,17,20,22H2,1-4H3,(H,35,40). The van der Waals surface area contributed by atoms with E-state index in [1.807, 2.05) is 32.2 Å². The molecule has 2 aliphatic rings. The van der Waals surface area contributed by atoms with Gasteiger partial charge in [0.1, 0.15) is 0 Å². The van der Waals surface area contributed by atoms with Crippen molar-refractivity contribution in [3.8, 4) is 11.1 Å². The molecule has 0 spiro atoms. The summed E-state index contributed by atoms with van der Waals surface area (Å²) in [6, 6.07) is 12.9. The minimum atomic E-state index is -0.190. The van der Waals surface area contributed by atoms with Crippen LogP contribution in [-0.4, -0.2) is 60.2 Å². The van der Waals surface area contributed by atoms with Crippen LogP contribution in [0.25, 0.3) is 22.0 Å². The van der Waals surface area contributed by atoms with Gasteiger partial charge in [-0.25, -0.2) is 0 Å². The van der Waals surface area contributed by atoms with Crippen LogP contribution in [0.4, 0.5) is 0 Å². The summed E-state index contributed by atoms with van der Waals surface area (Å²) in [5.74, 6) is -0.109. The number of fused-ring (bicyclic) bond motifs is 1. The Balaban J connectivity index is 1.40. The second-order valence-corrected chi connectivity index (χ2v) is 11.8. The number of hydrogen-bond donors (Lipinski definition) is 1. The summed E-state index contributed by atoms with van der Waals surface area (Å²) in [6.45, 7) is 6.45. The first-order chi connectivity index (χ1) is 19.8. The number of benzene rings is 2. The van der Waals surface area contributed by atoms with Gasteiger partial charge >= 0.3 is 0 Å². The third kappa shape index (κ3) is 6.85. The number of carbonyl (C=O) groups is 2. The number of hydrogen-bond acceptors (Lipinski definition) is 5. The third-order valence-electron chi connectivity index (χ3n) is 8.22. The lowest BCUT2D eigenvalue weighted by atomic mass is 9.92. The first kappa shape index (κ1) is 29.0. The second-order valence-electron chi connectivity index (χ2n) is 11.8. The lowest BCUT2D eigenvalue weighted by Gasteiger charge is -2.17. The van der Waals surface area contributed by atoms with Gasteiger partial charge in [0, 0.05) is 30.5 Å². The van der Waals surface area contributed by atoms with Crippen LogP contribution in [0.5, 0.6) is 0 Å². The highest BCUT2D eigenvalue weighted by Crippen LogP contribution is 2.35. The zero-order chi connectivity index (χ0) is 28.9. The Kier molecular flexibility index (Phi) is 9.15. The summed E-state index contributed by atoms with van der Waals surface area (Å²) < 4.78 is 7.98. The van der Waals surface area contributed by atoms with E-state index in [-0.39, 0.29) is 18.2 Å². The average Bonchev–Trinajstić information content (AvgIpc) is 3.62. The first-order valence-electron chi connectivity index (χ1n) is 14.8. The van der Waals surface area contributed by atoms with Crippen molar-refractivity contribution < 1.29 is 14.3 Å². The first-order valence-corrected chi connectivity index (χ1v) is 14.8. The lowest BCUT2D eigenvalue weighted by molar-refractivity contribution is -0.115. The highest BCUT2D eigenvalue weighted by molar-refractivity contribution is 6.08. The molecule has 41 heavy (non-hydrogen) atoms. The van der Waals surface area contributed by atoms with Gasteiger partial charge in [-0.3, -0.25) is 14.3 Å². The minimum absolute atomic E-state index is 0.0810. The average molecular weight is 555 g/mol. The molecule has 0 unspecified atom stereocenters. The van der Waals surface area contributed by atoms with Gasteiger partial charge in [-0.15, -0.1) is 0 Å². The number of carbonyl (C=O) groups excluding carboxylic acids is 2. The summed E-state index contributed by atoms with van der Waals surface area (Å²) in [6.07, 6.45) is 9.89. The van der Waals surface area contributed by atoms with E-state index in [0.717, 1.165) is 71.2 Å². The molecule has 1 fully saturated rings. The maximum Gasteiger partial charge on any atom is 0.252 e. The fraction of sp³-hybridized carbons (Fsp3) is 0.441. The van der Waals surface area contributed by atoms with E-state index in [1.54, 1.807) is 0 Å². The normalized spacial score (nSPS) is 16.2. The molecular weight excluding hydrogens is 512 g/mol. The van der Waals surface area contributed by atoms with Gasteiger partial charge in [0.05, 0.1) is 29.9 Å². The summed E-state index contributed by atoms with van der Waals surface area (Å²) in [4.78, 5) is 28.4. The Morgan fingerprint density at radius 3 is 2.56 bits per heavy atom. The smallest absolute Gasteiger partial charge is 0.252 e. The van der Waals surface area contributed by atoms with Gasteiger partial charge in [-0.1, -0.05) is 48.8 Å². The maximum atomic E-state index is 13.6. The molecule has 0 saturated heterocycles. The number of Topliss-reactive ketones (excluding diaryl/α,β-unsaturated/α-hetero) is 1. The third-order valence-corrected chi connectivity index (χ3v) is 8.22. The van der Waals surface area contributed by atoms with Crippen LogP contribution in [0.1, 0.15) is 74.3 Å². The number of nitrogens with zero attached hydrogens (tertiary/aromatic N) is 3. The number of rotatable bonds is 11. The molecule has 5 rings (SSSR count). The van der Waals surface area contributed by atoms with Crippen LogP contribution in [0.15, 0.2) is 65.4 Å². The number of ether oxygens (including phenoxy) is 1. The predicted octanol–water partition coefficient (Wildman–Crippen LogP) is 6.25. The summed E-state index contributed by atoms with van der Waals surface area (Å²) >= 11 is 0. The lowest BCUT2D eigenvalue weighted by Crippen LogP contribution is -2.29.